The minimum atomic E-state index is 0.412. The summed E-state index contributed by atoms with van der Waals surface area (Å²) in [6, 6.07) is 8.72. The van der Waals surface area contributed by atoms with E-state index in [1.54, 1.807) is 17.5 Å². The number of aryl methyl sites for hydroxylation is 1. The monoisotopic (exact) mass is 380 g/mol. The molecule has 3 aromatic heterocycles. The Kier molecular flexibility index (Phi) is 5.60. The Bertz CT molecular complexity index is 873. The van der Waals surface area contributed by atoms with Gasteiger partial charge in [-0.3, -0.25) is 4.98 Å². The molecule has 0 amide bonds. The normalized spacial score (nSPS) is 16.9. The van der Waals surface area contributed by atoms with Gasteiger partial charge in [-0.1, -0.05) is 6.07 Å². The Morgan fingerprint density at radius 3 is 2.89 bits per heavy atom. The fourth-order valence-corrected chi connectivity index (χ4v) is 3.94. The van der Waals surface area contributed by atoms with Crippen molar-refractivity contribution in [3.8, 4) is 0 Å². The molecule has 1 aliphatic heterocycles. The van der Waals surface area contributed by atoms with Crippen molar-refractivity contribution in [2.75, 3.05) is 23.7 Å². The number of aromatic nitrogens is 3. The van der Waals surface area contributed by atoms with Crippen molar-refractivity contribution < 1.29 is 0 Å². The molecule has 1 saturated heterocycles. The number of rotatable bonds is 6. The predicted molar refractivity (Wildman–Crippen MR) is 111 cm³/mol. The highest BCUT2D eigenvalue weighted by Gasteiger charge is 2.14. The van der Waals surface area contributed by atoms with Crippen molar-refractivity contribution in [1.29, 1.82) is 0 Å². The Hall–Kier alpha value is -2.51. The van der Waals surface area contributed by atoms with Crippen LogP contribution in [-0.4, -0.2) is 34.1 Å². The van der Waals surface area contributed by atoms with Crippen molar-refractivity contribution in [1.82, 2.24) is 20.3 Å². The molecule has 140 valence electrons. The maximum Gasteiger partial charge on any atom is 0.188 e. The van der Waals surface area contributed by atoms with Crippen LogP contribution in [0.5, 0.6) is 0 Å². The highest BCUT2D eigenvalue weighted by atomic mass is 32.1. The van der Waals surface area contributed by atoms with Gasteiger partial charge in [-0.05, 0) is 62.1 Å². The van der Waals surface area contributed by atoms with Crippen molar-refractivity contribution in [3.05, 3.63) is 58.9 Å². The Balaban J connectivity index is 1.58. The molecule has 0 aliphatic carbocycles. The van der Waals surface area contributed by atoms with Gasteiger partial charge in [0, 0.05) is 36.1 Å². The first kappa shape index (κ1) is 17.9. The van der Waals surface area contributed by atoms with Crippen molar-refractivity contribution in [2.24, 2.45) is 0 Å². The molecule has 0 aromatic carbocycles. The predicted octanol–water partition coefficient (Wildman–Crippen LogP) is 3.74. The first-order chi connectivity index (χ1) is 13.2. The van der Waals surface area contributed by atoms with Gasteiger partial charge in [-0.25, -0.2) is 9.97 Å². The van der Waals surface area contributed by atoms with Crippen LogP contribution in [0.3, 0.4) is 0 Å². The highest BCUT2D eigenvalue weighted by Crippen LogP contribution is 2.24. The summed E-state index contributed by atoms with van der Waals surface area (Å²) in [5, 5.41) is 11.3. The molecular weight excluding hydrogens is 356 g/mol. The summed E-state index contributed by atoms with van der Waals surface area (Å²) in [5.41, 5.74) is 2.38. The minimum Gasteiger partial charge on any atom is -0.366 e. The SMILES string of the molecule is Cc1cnc(Nc2cc(Cc3cccnc3)cc(NC3CCCNC3)n2)s1. The molecule has 3 N–H and O–H groups in total. The third-order valence-electron chi connectivity index (χ3n) is 4.52. The molecule has 1 atom stereocenters. The third kappa shape index (κ3) is 5.02. The third-order valence-corrected chi connectivity index (χ3v) is 5.35. The van der Waals surface area contributed by atoms with Gasteiger partial charge in [0.05, 0.1) is 0 Å². The Labute approximate surface area is 163 Å². The first-order valence-electron chi connectivity index (χ1n) is 9.31. The molecule has 7 heteroatoms. The van der Waals surface area contributed by atoms with E-state index in [1.807, 2.05) is 18.5 Å². The molecule has 3 aromatic rings. The Morgan fingerprint density at radius 2 is 2.15 bits per heavy atom. The van der Waals surface area contributed by atoms with Crippen LogP contribution in [-0.2, 0) is 6.42 Å². The smallest absolute Gasteiger partial charge is 0.188 e. The zero-order valence-corrected chi connectivity index (χ0v) is 16.2. The summed E-state index contributed by atoms with van der Waals surface area (Å²) >= 11 is 1.63. The second kappa shape index (κ2) is 8.45. The van der Waals surface area contributed by atoms with Gasteiger partial charge in [-0.15, -0.1) is 11.3 Å². The average molecular weight is 381 g/mol. The summed E-state index contributed by atoms with van der Waals surface area (Å²) < 4.78 is 0. The van der Waals surface area contributed by atoms with E-state index >= 15 is 0 Å². The zero-order chi connectivity index (χ0) is 18.5. The molecule has 0 spiro atoms. The van der Waals surface area contributed by atoms with Crippen molar-refractivity contribution >= 4 is 28.1 Å². The lowest BCUT2D eigenvalue weighted by atomic mass is 10.1. The van der Waals surface area contributed by atoms with E-state index in [1.165, 1.54) is 22.4 Å². The van der Waals surface area contributed by atoms with Crippen LogP contribution in [0.25, 0.3) is 0 Å². The largest absolute Gasteiger partial charge is 0.366 e. The zero-order valence-electron chi connectivity index (χ0n) is 15.4. The van der Waals surface area contributed by atoms with Crippen molar-refractivity contribution in [3.63, 3.8) is 0 Å². The fourth-order valence-electron chi connectivity index (χ4n) is 3.27. The number of piperidine rings is 1. The number of hydrogen-bond donors (Lipinski definition) is 3. The van der Waals surface area contributed by atoms with Crippen LogP contribution in [0.15, 0.2) is 42.9 Å². The second-order valence-electron chi connectivity index (χ2n) is 6.87. The number of anilines is 3. The summed E-state index contributed by atoms with van der Waals surface area (Å²) in [6.07, 6.45) is 8.76. The second-order valence-corrected chi connectivity index (χ2v) is 8.11. The van der Waals surface area contributed by atoms with Crippen molar-refractivity contribution in [2.45, 2.75) is 32.2 Å². The summed E-state index contributed by atoms with van der Waals surface area (Å²) in [5.74, 6) is 1.72. The number of hydrogen-bond acceptors (Lipinski definition) is 7. The molecule has 6 nitrogen and oxygen atoms in total. The van der Waals surface area contributed by atoms with E-state index < -0.39 is 0 Å². The summed E-state index contributed by atoms with van der Waals surface area (Å²) in [7, 11) is 0. The van der Waals surface area contributed by atoms with Crippen LogP contribution >= 0.6 is 11.3 Å². The fraction of sp³-hybridized carbons (Fsp3) is 0.350. The molecular formula is C20H24N6S. The van der Waals surface area contributed by atoms with E-state index in [9.17, 15) is 0 Å². The highest BCUT2D eigenvalue weighted by molar-refractivity contribution is 7.15. The molecule has 0 bridgehead atoms. The van der Waals surface area contributed by atoms with Gasteiger partial charge in [0.1, 0.15) is 11.6 Å². The van der Waals surface area contributed by atoms with Gasteiger partial charge in [0.25, 0.3) is 0 Å². The molecule has 4 heterocycles. The summed E-state index contributed by atoms with van der Waals surface area (Å²) in [4.78, 5) is 14.6. The number of thiazole rings is 1. The lowest BCUT2D eigenvalue weighted by Gasteiger charge is -2.24. The van der Waals surface area contributed by atoms with Gasteiger partial charge < -0.3 is 16.0 Å². The molecule has 0 saturated carbocycles. The number of nitrogens with zero attached hydrogens (tertiary/aromatic N) is 3. The van der Waals surface area contributed by atoms with E-state index in [-0.39, 0.29) is 0 Å². The van der Waals surface area contributed by atoms with E-state index in [0.717, 1.165) is 42.7 Å². The minimum absolute atomic E-state index is 0.412. The van der Waals surface area contributed by atoms with Gasteiger partial charge in [-0.2, -0.15) is 0 Å². The quantitative estimate of drug-likeness (QED) is 0.605. The van der Waals surface area contributed by atoms with E-state index in [4.69, 9.17) is 4.98 Å². The topological polar surface area (TPSA) is 74.8 Å². The maximum atomic E-state index is 4.77. The Morgan fingerprint density at radius 1 is 1.22 bits per heavy atom. The van der Waals surface area contributed by atoms with Crippen LogP contribution in [0.4, 0.5) is 16.8 Å². The number of pyridine rings is 2. The summed E-state index contributed by atoms with van der Waals surface area (Å²) in [6.45, 7) is 4.13. The number of nitrogens with one attached hydrogen (secondary N) is 3. The van der Waals surface area contributed by atoms with Crippen LogP contribution < -0.4 is 16.0 Å². The molecule has 27 heavy (non-hydrogen) atoms. The van der Waals surface area contributed by atoms with E-state index in [2.05, 4.69) is 51.0 Å². The lowest BCUT2D eigenvalue weighted by molar-refractivity contribution is 0.479. The molecule has 4 rings (SSSR count). The molecule has 0 radical (unpaired) electrons. The van der Waals surface area contributed by atoms with Crippen LogP contribution in [0.1, 0.15) is 28.8 Å². The maximum absolute atomic E-state index is 4.77. The van der Waals surface area contributed by atoms with E-state index in [0.29, 0.717) is 6.04 Å². The molecule has 1 aliphatic rings. The molecule has 1 unspecified atom stereocenters. The van der Waals surface area contributed by atoms with Gasteiger partial charge >= 0.3 is 0 Å². The van der Waals surface area contributed by atoms with Crippen LogP contribution in [0.2, 0.25) is 0 Å². The lowest BCUT2D eigenvalue weighted by Crippen LogP contribution is -2.38. The first-order valence-corrected chi connectivity index (χ1v) is 10.1. The standard InChI is InChI=1S/C20H24N6S/c1-14-11-23-20(27-14)26-19-10-16(8-15-4-2-6-21-12-15)9-18(25-19)24-17-5-3-7-22-13-17/h2,4,6,9-12,17,22H,3,5,7-8,13H2,1H3,(H2,23,24,25,26). The molecule has 1 fully saturated rings. The van der Waals surface area contributed by atoms with Gasteiger partial charge in [0.15, 0.2) is 5.13 Å². The average Bonchev–Trinajstić information content (AvgIpc) is 3.08. The van der Waals surface area contributed by atoms with Gasteiger partial charge in [0.2, 0.25) is 0 Å². The van der Waals surface area contributed by atoms with Crippen LogP contribution in [0, 0.1) is 6.92 Å².